The summed E-state index contributed by atoms with van der Waals surface area (Å²) in [5.74, 6) is 0.744. The Morgan fingerprint density at radius 2 is 1.79 bits per heavy atom. The molecule has 2 aliphatic heterocycles. The quantitative estimate of drug-likeness (QED) is 0.424. The average molecular weight is 500 g/mol. The number of rotatable bonds is 4. The van der Waals surface area contributed by atoms with Gasteiger partial charge in [-0.2, -0.15) is 17.8 Å². The molecule has 0 aliphatic carbocycles. The van der Waals surface area contributed by atoms with Crippen molar-refractivity contribution in [3.63, 3.8) is 0 Å². The number of anilines is 1. The van der Waals surface area contributed by atoms with E-state index in [0.717, 1.165) is 42.4 Å². The highest BCUT2D eigenvalue weighted by molar-refractivity contribution is 7.87. The molecule has 0 amide bonds. The molecule has 0 radical (unpaired) electrons. The van der Waals surface area contributed by atoms with E-state index in [4.69, 9.17) is 21.6 Å². The molecule has 34 heavy (non-hydrogen) atoms. The maximum atomic E-state index is 13.3. The van der Waals surface area contributed by atoms with E-state index >= 15 is 0 Å². The van der Waals surface area contributed by atoms with E-state index in [1.54, 1.807) is 17.1 Å². The summed E-state index contributed by atoms with van der Waals surface area (Å²) in [5, 5.41) is 5.72. The maximum absolute atomic E-state index is 13.3. The molecule has 3 aromatic heterocycles. The van der Waals surface area contributed by atoms with Crippen LogP contribution in [0.2, 0.25) is 5.02 Å². The van der Waals surface area contributed by atoms with Crippen LogP contribution in [0.15, 0.2) is 30.7 Å². The highest BCUT2D eigenvalue weighted by Gasteiger charge is 2.38. The van der Waals surface area contributed by atoms with Gasteiger partial charge in [-0.1, -0.05) is 17.7 Å². The Kier molecular flexibility index (Phi) is 4.91. The Morgan fingerprint density at radius 1 is 1.06 bits per heavy atom. The van der Waals surface area contributed by atoms with Crippen molar-refractivity contribution in [2.45, 2.75) is 44.2 Å². The molecule has 9 nitrogen and oxygen atoms in total. The second-order valence-corrected chi connectivity index (χ2v) is 11.8. The second-order valence-electron chi connectivity index (χ2n) is 9.42. The van der Waals surface area contributed by atoms with Gasteiger partial charge in [0, 0.05) is 62.1 Å². The Labute approximate surface area is 203 Å². The molecule has 1 aromatic carbocycles. The molecule has 2 fully saturated rings. The molecule has 0 spiro atoms. The monoisotopic (exact) mass is 499 g/mol. The molecule has 2 aliphatic rings. The smallest absolute Gasteiger partial charge is 0.308 e. The molecular weight excluding hydrogens is 474 g/mol. The summed E-state index contributed by atoms with van der Waals surface area (Å²) >= 11 is 6.80. The Bertz CT molecular complexity index is 1530. The number of nitrogens with zero attached hydrogens (tertiary/aromatic N) is 7. The van der Waals surface area contributed by atoms with Crippen molar-refractivity contribution in [3.05, 3.63) is 35.7 Å². The molecule has 178 valence electrons. The molecular formula is C23H26ClN7O2S. The lowest BCUT2D eigenvalue weighted by atomic mass is 10.0. The molecule has 2 saturated heterocycles. The lowest BCUT2D eigenvalue weighted by molar-refractivity contribution is 0.464. The van der Waals surface area contributed by atoms with E-state index in [-0.39, 0.29) is 0 Å². The lowest BCUT2D eigenvalue weighted by Gasteiger charge is -2.35. The number of hydrogen-bond acceptors (Lipinski definition) is 6. The van der Waals surface area contributed by atoms with E-state index in [9.17, 15) is 8.42 Å². The minimum absolute atomic E-state index is 0.313. The third kappa shape index (κ3) is 3.15. The van der Waals surface area contributed by atoms with Gasteiger partial charge in [0.1, 0.15) is 11.3 Å². The highest BCUT2D eigenvalue weighted by Crippen LogP contribution is 2.41. The molecule has 11 heteroatoms. The van der Waals surface area contributed by atoms with Gasteiger partial charge in [0.05, 0.1) is 16.7 Å². The maximum Gasteiger partial charge on any atom is 0.308 e. The molecule has 2 bridgehead atoms. The van der Waals surface area contributed by atoms with Crippen LogP contribution >= 0.6 is 11.6 Å². The number of fused-ring (bicyclic) bond motifs is 4. The van der Waals surface area contributed by atoms with Gasteiger partial charge in [-0.05, 0) is 38.2 Å². The average Bonchev–Trinajstić information content (AvgIpc) is 3.45. The standard InChI is InChI=1S/C23H26ClN7O2S/c1-28(2)34(32,33)30-13-17(16-9-10-19-18(21(16)24)12-29(3)27-19)22-23(30)26-20(11-25-22)31-14-5-4-6-15(31)8-7-14/h9-15H,4-8H2,1-3H3/t14-,15+. The Hall–Kier alpha value is -2.69. The van der Waals surface area contributed by atoms with Crippen LogP contribution in [-0.2, 0) is 17.3 Å². The van der Waals surface area contributed by atoms with Gasteiger partial charge in [-0.3, -0.25) is 4.68 Å². The van der Waals surface area contributed by atoms with Crippen LogP contribution in [-0.4, -0.2) is 62.6 Å². The van der Waals surface area contributed by atoms with Crippen LogP contribution < -0.4 is 4.90 Å². The van der Waals surface area contributed by atoms with E-state index in [1.165, 1.54) is 28.8 Å². The van der Waals surface area contributed by atoms with Crippen LogP contribution in [0, 0.1) is 0 Å². The number of hydrogen-bond donors (Lipinski definition) is 0. The number of aromatic nitrogens is 5. The van der Waals surface area contributed by atoms with Gasteiger partial charge in [0.15, 0.2) is 5.65 Å². The van der Waals surface area contributed by atoms with Crippen molar-refractivity contribution in [3.8, 4) is 11.1 Å². The van der Waals surface area contributed by atoms with Gasteiger partial charge < -0.3 is 4.90 Å². The fraction of sp³-hybridized carbons (Fsp3) is 0.435. The van der Waals surface area contributed by atoms with Crippen molar-refractivity contribution in [1.29, 1.82) is 0 Å². The Balaban J connectivity index is 1.59. The largest absolute Gasteiger partial charge is 0.349 e. The van der Waals surface area contributed by atoms with Crippen LogP contribution in [0.25, 0.3) is 33.2 Å². The van der Waals surface area contributed by atoms with E-state index < -0.39 is 10.2 Å². The van der Waals surface area contributed by atoms with E-state index in [0.29, 0.717) is 39.4 Å². The van der Waals surface area contributed by atoms with Crippen molar-refractivity contribution in [2.75, 3.05) is 19.0 Å². The minimum Gasteiger partial charge on any atom is -0.349 e. The molecule has 2 atom stereocenters. The van der Waals surface area contributed by atoms with Gasteiger partial charge in [-0.25, -0.2) is 13.9 Å². The summed E-state index contributed by atoms with van der Waals surface area (Å²) in [4.78, 5) is 12.0. The van der Waals surface area contributed by atoms with Crippen molar-refractivity contribution in [2.24, 2.45) is 7.05 Å². The molecule has 5 heterocycles. The van der Waals surface area contributed by atoms with Gasteiger partial charge in [-0.15, -0.1) is 0 Å². The predicted molar refractivity (Wildman–Crippen MR) is 133 cm³/mol. The second kappa shape index (κ2) is 7.66. The summed E-state index contributed by atoms with van der Waals surface area (Å²) in [6, 6.07) is 4.63. The van der Waals surface area contributed by atoms with Crippen LogP contribution in [0.1, 0.15) is 32.1 Å². The summed E-state index contributed by atoms with van der Waals surface area (Å²) in [5.41, 5.74) is 2.91. The Morgan fingerprint density at radius 3 is 2.50 bits per heavy atom. The highest BCUT2D eigenvalue weighted by atomic mass is 35.5. The summed E-state index contributed by atoms with van der Waals surface area (Å²) < 4.78 is 30.7. The normalized spacial score (nSPS) is 20.8. The number of aryl methyl sites for hydroxylation is 1. The lowest BCUT2D eigenvalue weighted by Crippen LogP contribution is -2.40. The first-order chi connectivity index (χ1) is 16.3. The zero-order chi connectivity index (χ0) is 23.8. The summed E-state index contributed by atoms with van der Waals surface area (Å²) in [7, 11) is 1.03. The molecule has 4 aromatic rings. The van der Waals surface area contributed by atoms with Crippen molar-refractivity contribution >= 4 is 49.7 Å². The first-order valence-corrected chi connectivity index (χ1v) is 13.2. The SMILES string of the molecule is CN(C)S(=O)(=O)n1cc(-c2ccc3nn(C)cc3c2Cl)c2ncc(N3[C@@H]4CCC[C@H]3CC4)nc21. The van der Waals surface area contributed by atoms with Crippen LogP contribution in [0.5, 0.6) is 0 Å². The minimum atomic E-state index is -3.83. The van der Waals surface area contributed by atoms with Crippen LogP contribution in [0.3, 0.4) is 0 Å². The zero-order valence-corrected chi connectivity index (χ0v) is 20.9. The fourth-order valence-corrected chi connectivity index (χ4v) is 6.75. The molecule has 0 N–H and O–H groups in total. The third-order valence-corrected chi connectivity index (χ3v) is 9.25. The van der Waals surface area contributed by atoms with Gasteiger partial charge in [0.25, 0.3) is 0 Å². The van der Waals surface area contributed by atoms with Crippen molar-refractivity contribution < 1.29 is 8.42 Å². The predicted octanol–water partition coefficient (Wildman–Crippen LogP) is 3.81. The molecule has 6 rings (SSSR count). The number of halogens is 1. The zero-order valence-electron chi connectivity index (χ0n) is 19.3. The number of piperidine rings is 1. The third-order valence-electron chi connectivity index (χ3n) is 7.15. The first kappa shape index (κ1) is 21.8. The molecule has 0 saturated carbocycles. The first-order valence-electron chi connectivity index (χ1n) is 11.5. The van der Waals surface area contributed by atoms with E-state index in [2.05, 4.69) is 10.00 Å². The number of benzene rings is 1. The van der Waals surface area contributed by atoms with Gasteiger partial charge in [0.2, 0.25) is 0 Å². The van der Waals surface area contributed by atoms with E-state index in [1.807, 2.05) is 25.4 Å². The van der Waals surface area contributed by atoms with Crippen LogP contribution in [0.4, 0.5) is 5.82 Å². The topological polar surface area (TPSA) is 89.2 Å². The van der Waals surface area contributed by atoms with Crippen molar-refractivity contribution in [1.82, 2.24) is 28.0 Å². The molecule has 0 unspecified atom stereocenters. The fourth-order valence-electron chi connectivity index (χ4n) is 5.50. The summed E-state index contributed by atoms with van der Waals surface area (Å²) in [6.07, 6.45) is 11.0. The summed E-state index contributed by atoms with van der Waals surface area (Å²) in [6.45, 7) is 0. The van der Waals surface area contributed by atoms with Gasteiger partial charge >= 0.3 is 10.2 Å².